The fourth-order valence-corrected chi connectivity index (χ4v) is 3.34. The number of ether oxygens (including phenoxy) is 1. The summed E-state index contributed by atoms with van der Waals surface area (Å²) >= 11 is 0. The number of sulfonamides is 1. The molecule has 6 heteroatoms. The lowest BCUT2D eigenvalue weighted by molar-refractivity contribution is 0.201. The standard InChI is InChI=1S/C15H25NO4S/c1-12(15(2,3)4)16(5)21(18,19)14-8-6-13(7-9-14)20-11-10-17/h6-9,12,17H,10-11H2,1-5H3. The number of rotatable bonds is 6. The van der Waals surface area contributed by atoms with Gasteiger partial charge < -0.3 is 9.84 Å². The Labute approximate surface area is 127 Å². The van der Waals surface area contributed by atoms with Crippen molar-refractivity contribution in [1.29, 1.82) is 0 Å². The summed E-state index contributed by atoms with van der Waals surface area (Å²) in [5.41, 5.74) is -0.147. The third kappa shape index (κ3) is 4.43. The van der Waals surface area contributed by atoms with E-state index in [1.54, 1.807) is 19.2 Å². The van der Waals surface area contributed by atoms with E-state index in [0.29, 0.717) is 5.75 Å². The van der Waals surface area contributed by atoms with E-state index in [-0.39, 0.29) is 29.6 Å². The first kappa shape index (κ1) is 17.9. The number of hydrogen-bond donors (Lipinski definition) is 1. The van der Waals surface area contributed by atoms with Crippen LogP contribution in [0.1, 0.15) is 27.7 Å². The highest BCUT2D eigenvalue weighted by Crippen LogP contribution is 2.28. The Morgan fingerprint density at radius 1 is 1.24 bits per heavy atom. The van der Waals surface area contributed by atoms with Gasteiger partial charge in [0.1, 0.15) is 12.4 Å². The third-order valence-electron chi connectivity index (χ3n) is 3.66. The molecule has 0 aliphatic rings. The molecule has 0 spiro atoms. The molecule has 1 atom stereocenters. The molecule has 1 unspecified atom stereocenters. The molecular formula is C15H25NO4S. The Morgan fingerprint density at radius 2 is 1.76 bits per heavy atom. The molecule has 0 radical (unpaired) electrons. The molecule has 0 aromatic heterocycles. The van der Waals surface area contributed by atoms with Gasteiger partial charge in [0.05, 0.1) is 11.5 Å². The van der Waals surface area contributed by atoms with Crippen LogP contribution in [0.5, 0.6) is 5.75 Å². The molecule has 0 amide bonds. The lowest BCUT2D eigenvalue weighted by Crippen LogP contribution is -2.42. The minimum Gasteiger partial charge on any atom is -0.491 e. The zero-order valence-electron chi connectivity index (χ0n) is 13.3. The fourth-order valence-electron chi connectivity index (χ4n) is 1.79. The van der Waals surface area contributed by atoms with E-state index in [9.17, 15) is 8.42 Å². The van der Waals surface area contributed by atoms with E-state index in [4.69, 9.17) is 9.84 Å². The Hall–Kier alpha value is -1.11. The van der Waals surface area contributed by atoms with Gasteiger partial charge in [0.2, 0.25) is 10.0 Å². The quantitative estimate of drug-likeness (QED) is 0.873. The van der Waals surface area contributed by atoms with Crippen LogP contribution in [0.25, 0.3) is 0 Å². The van der Waals surface area contributed by atoms with Crippen LogP contribution < -0.4 is 4.74 Å². The first-order valence-electron chi connectivity index (χ1n) is 6.92. The van der Waals surface area contributed by atoms with E-state index in [1.807, 2.05) is 27.7 Å². The summed E-state index contributed by atoms with van der Waals surface area (Å²) in [6.07, 6.45) is 0. The largest absolute Gasteiger partial charge is 0.491 e. The van der Waals surface area contributed by atoms with Crippen molar-refractivity contribution in [2.75, 3.05) is 20.3 Å². The van der Waals surface area contributed by atoms with Crippen molar-refractivity contribution in [2.24, 2.45) is 5.41 Å². The predicted octanol–water partition coefficient (Wildman–Crippen LogP) is 2.11. The van der Waals surface area contributed by atoms with Crippen LogP contribution in [-0.4, -0.2) is 44.1 Å². The minimum absolute atomic E-state index is 0.0775. The minimum atomic E-state index is -3.53. The topological polar surface area (TPSA) is 66.8 Å². The summed E-state index contributed by atoms with van der Waals surface area (Å²) in [5.74, 6) is 0.537. The zero-order valence-corrected chi connectivity index (χ0v) is 14.1. The van der Waals surface area contributed by atoms with E-state index in [1.165, 1.54) is 16.4 Å². The van der Waals surface area contributed by atoms with Crippen molar-refractivity contribution in [2.45, 2.75) is 38.6 Å². The zero-order chi connectivity index (χ0) is 16.3. The summed E-state index contributed by atoms with van der Waals surface area (Å²) in [7, 11) is -1.93. The molecule has 0 fully saturated rings. The van der Waals surface area contributed by atoms with Gasteiger partial charge in [0.25, 0.3) is 0 Å². The lowest BCUT2D eigenvalue weighted by Gasteiger charge is -2.34. The fraction of sp³-hybridized carbons (Fsp3) is 0.600. The molecule has 0 saturated heterocycles. The molecule has 0 saturated carbocycles. The van der Waals surface area contributed by atoms with Gasteiger partial charge in [0.15, 0.2) is 0 Å². The van der Waals surface area contributed by atoms with Crippen LogP contribution in [0.3, 0.4) is 0 Å². The van der Waals surface area contributed by atoms with Gasteiger partial charge in [-0.1, -0.05) is 20.8 Å². The SMILES string of the molecule is CC(N(C)S(=O)(=O)c1ccc(OCCO)cc1)C(C)(C)C. The Balaban J connectivity index is 2.97. The maximum Gasteiger partial charge on any atom is 0.243 e. The van der Waals surface area contributed by atoms with Crippen LogP contribution in [0, 0.1) is 5.41 Å². The summed E-state index contributed by atoms with van der Waals surface area (Å²) < 4.78 is 31.8. The molecule has 0 heterocycles. The van der Waals surface area contributed by atoms with Gasteiger partial charge in [-0.15, -0.1) is 0 Å². The van der Waals surface area contributed by atoms with Crippen molar-refractivity contribution in [3.8, 4) is 5.75 Å². The first-order valence-corrected chi connectivity index (χ1v) is 8.36. The predicted molar refractivity (Wildman–Crippen MR) is 82.9 cm³/mol. The van der Waals surface area contributed by atoms with Gasteiger partial charge in [-0.2, -0.15) is 4.31 Å². The van der Waals surface area contributed by atoms with E-state index < -0.39 is 10.0 Å². The second-order valence-corrected chi connectivity index (χ2v) is 8.10. The summed E-state index contributed by atoms with van der Waals surface area (Å²) in [4.78, 5) is 0.234. The molecule has 0 aliphatic carbocycles. The smallest absolute Gasteiger partial charge is 0.243 e. The van der Waals surface area contributed by atoms with Crippen LogP contribution in [-0.2, 0) is 10.0 Å². The van der Waals surface area contributed by atoms with Crippen LogP contribution in [0.2, 0.25) is 0 Å². The number of nitrogens with zero attached hydrogens (tertiary/aromatic N) is 1. The average molecular weight is 315 g/mol. The highest BCUT2D eigenvalue weighted by molar-refractivity contribution is 7.89. The molecule has 120 valence electrons. The Morgan fingerprint density at radius 3 is 2.19 bits per heavy atom. The van der Waals surface area contributed by atoms with Crippen LogP contribution in [0.4, 0.5) is 0 Å². The molecule has 21 heavy (non-hydrogen) atoms. The van der Waals surface area contributed by atoms with Crippen LogP contribution >= 0.6 is 0 Å². The number of hydrogen-bond acceptors (Lipinski definition) is 4. The van der Waals surface area contributed by atoms with E-state index in [2.05, 4.69) is 0 Å². The molecule has 1 N–H and O–H groups in total. The highest BCUT2D eigenvalue weighted by Gasteiger charge is 2.32. The number of benzene rings is 1. The van der Waals surface area contributed by atoms with Gasteiger partial charge >= 0.3 is 0 Å². The second kappa shape index (κ2) is 6.77. The van der Waals surface area contributed by atoms with Gasteiger partial charge in [-0.05, 0) is 36.6 Å². The Bertz CT molecular complexity index is 546. The van der Waals surface area contributed by atoms with Crippen molar-refractivity contribution < 1.29 is 18.3 Å². The molecule has 5 nitrogen and oxygen atoms in total. The molecular weight excluding hydrogens is 290 g/mol. The number of aliphatic hydroxyl groups excluding tert-OH is 1. The maximum absolute atomic E-state index is 12.6. The lowest BCUT2D eigenvalue weighted by atomic mass is 9.88. The third-order valence-corrected chi connectivity index (χ3v) is 5.60. The Kier molecular flexibility index (Phi) is 5.78. The molecule has 1 aromatic rings. The summed E-state index contributed by atoms with van der Waals surface area (Å²) in [6, 6.07) is 6.10. The van der Waals surface area contributed by atoms with Crippen molar-refractivity contribution >= 4 is 10.0 Å². The molecule has 1 aromatic carbocycles. The molecule has 0 bridgehead atoms. The monoisotopic (exact) mass is 315 g/mol. The van der Waals surface area contributed by atoms with Crippen molar-refractivity contribution in [3.05, 3.63) is 24.3 Å². The second-order valence-electron chi connectivity index (χ2n) is 6.11. The maximum atomic E-state index is 12.6. The highest BCUT2D eigenvalue weighted by atomic mass is 32.2. The van der Waals surface area contributed by atoms with E-state index >= 15 is 0 Å². The number of aliphatic hydroxyl groups is 1. The normalized spacial score (nSPS) is 14.2. The van der Waals surface area contributed by atoms with Gasteiger partial charge in [-0.25, -0.2) is 8.42 Å². The van der Waals surface area contributed by atoms with Gasteiger partial charge in [-0.3, -0.25) is 0 Å². The van der Waals surface area contributed by atoms with Crippen molar-refractivity contribution in [3.63, 3.8) is 0 Å². The average Bonchev–Trinajstić information content (AvgIpc) is 2.42. The van der Waals surface area contributed by atoms with Crippen LogP contribution in [0.15, 0.2) is 29.2 Å². The summed E-state index contributed by atoms with van der Waals surface area (Å²) in [6.45, 7) is 8.04. The van der Waals surface area contributed by atoms with Gasteiger partial charge in [0, 0.05) is 13.1 Å². The molecule has 0 aliphatic heterocycles. The van der Waals surface area contributed by atoms with Crippen molar-refractivity contribution in [1.82, 2.24) is 4.31 Å². The van der Waals surface area contributed by atoms with E-state index in [0.717, 1.165) is 0 Å². The molecule has 1 rings (SSSR count). The summed E-state index contributed by atoms with van der Waals surface area (Å²) in [5, 5.41) is 8.69. The first-order chi connectivity index (χ1) is 9.60.